The molecule has 3 rings (SSSR count). The Hall–Kier alpha value is -0.490. The van der Waals surface area contributed by atoms with Crippen molar-refractivity contribution in [2.24, 2.45) is 5.41 Å². The third-order valence-electron chi connectivity index (χ3n) is 4.76. The van der Waals surface area contributed by atoms with Crippen LogP contribution in [0.4, 0.5) is 0 Å². The van der Waals surface area contributed by atoms with Gasteiger partial charge >= 0.3 is 0 Å². The Balaban J connectivity index is 1.56. The first-order valence-electron chi connectivity index (χ1n) is 7.14. The summed E-state index contributed by atoms with van der Waals surface area (Å²) in [6.45, 7) is 5.90. The van der Waals surface area contributed by atoms with E-state index in [0.717, 1.165) is 45.5 Å². The van der Waals surface area contributed by atoms with Crippen LogP contribution in [-0.2, 0) is 11.3 Å². The predicted molar refractivity (Wildman–Crippen MR) is 75.1 cm³/mol. The molecule has 2 fully saturated rings. The summed E-state index contributed by atoms with van der Waals surface area (Å²) in [4.78, 5) is 7.91. The van der Waals surface area contributed by atoms with Crippen LogP contribution < -0.4 is 0 Å². The Morgan fingerprint density at radius 1 is 1.53 bits per heavy atom. The summed E-state index contributed by atoms with van der Waals surface area (Å²) in [5.41, 5.74) is 1.93. The highest BCUT2D eigenvalue weighted by atomic mass is 32.1. The summed E-state index contributed by atoms with van der Waals surface area (Å²) >= 11 is 1.72. The molecule has 0 amide bonds. The van der Waals surface area contributed by atoms with E-state index in [0.29, 0.717) is 0 Å². The summed E-state index contributed by atoms with van der Waals surface area (Å²) in [5, 5.41) is 10.2. The van der Waals surface area contributed by atoms with E-state index < -0.39 is 0 Å². The SMILES string of the molecule is CCOC1CC(O)C12CCN(Cc1cncs1)CC2. The number of aromatic nitrogens is 1. The lowest BCUT2D eigenvalue weighted by atomic mass is 9.58. The van der Waals surface area contributed by atoms with Crippen molar-refractivity contribution in [2.45, 2.75) is 44.9 Å². The van der Waals surface area contributed by atoms with E-state index >= 15 is 0 Å². The molecule has 4 nitrogen and oxygen atoms in total. The zero-order valence-electron chi connectivity index (χ0n) is 11.4. The molecule has 1 aliphatic carbocycles. The van der Waals surface area contributed by atoms with Crippen LogP contribution in [0, 0.1) is 5.41 Å². The lowest BCUT2D eigenvalue weighted by molar-refractivity contribution is -0.209. The first kappa shape index (κ1) is 13.5. The largest absolute Gasteiger partial charge is 0.392 e. The van der Waals surface area contributed by atoms with Gasteiger partial charge in [0.2, 0.25) is 0 Å². The van der Waals surface area contributed by atoms with Gasteiger partial charge in [-0.05, 0) is 32.9 Å². The molecule has 1 aromatic heterocycles. The Morgan fingerprint density at radius 2 is 2.32 bits per heavy atom. The van der Waals surface area contributed by atoms with Crippen LogP contribution in [0.2, 0.25) is 0 Å². The van der Waals surface area contributed by atoms with Crippen LogP contribution in [0.1, 0.15) is 31.1 Å². The lowest BCUT2D eigenvalue weighted by Gasteiger charge is -2.56. The number of hydrogen-bond acceptors (Lipinski definition) is 5. The summed E-state index contributed by atoms with van der Waals surface area (Å²) in [6.07, 6.45) is 5.00. The molecule has 0 radical (unpaired) electrons. The van der Waals surface area contributed by atoms with Gasteiger partial charge in [0, 0.05) is 36.1 Å². The summed E-state index contributed by atoms with van der Waals surface area (Å²) < 4.78 is 5.80. The van der Waals surface area contributed by atoms with E-state index in [2.05, 4.69) is 9.88 Å². The van der Waals surface area contributed by atoms with Crippen molar-refractivity contribution in [3.8, 4) is 0 Å². The fourth-order valence-corrected chi connectivity index (χ4v) is 4.12. The molecule has 1 spiro atoms. The molecule has 1 aromatic rings. The molecule has 106 valence electrons. The van der Waals surface area contributed by atoms with Crippen LogP contribution >= 0.6 is 11.3 Å². The van der Waals surface area contributed by atoms with Crippen LogP contribution in [0.15, 0.2) is 11.7 Å². The van der Waals surface area contributed by atoms with Crippen molar-refractivity contribution < 1.29 is 9.84 Å². The van der Waals surface area contributed by atoms with Crippen LogP contribution in [0.3, 0.4) is 0 Å². The minimum absolute atomic E-state index is 0.0419. The van der Waals surface area contributed by atoms with Crippen molar-refractivity contribution in [1.82, 2.24) is 9.88 Å². The van der Waals surface area contributed by atoms with E-state index in [9.17, 15) is 5.11 Å². The second-order valence-corrected chi connectivity index (χ2v) is 6.64. The highest BCUT2D eigenvalue weighted by Gasteiger charge is 2.55. The molecule has 19 heavy (non-hydrogen) atoms. The highest BCUT2D eigenvalue weighted by molar-refractivity contribution is 7.09. The molecule has 1 saturated heterocycles. The minimum Gasteiger partial charge on any atom is -0.392 e. The summed E-state index contributed by atoms with van der Waals surface area (Å²) in [5.74, 6) is 0. The first-order valence-corrected chi connectivity index (χ1v) is 8.02. The number of piperidine rings is 1. The fraction of sp³-hybridized carbons (Fsp3) is 0.786. The molecule has 1 aliphatic heterocycles. The Morgan fingerprint density at radius 3 is 2.89 bits per heavy atom. The molecule has 1 saturated carbocycles. The van der Waals surface area contributed by atoms with Crippen molar-refractivity contribution >= 4 is 11.3 Å². The van der Waals surface area contributed by atoms with Gasteiger partial charge in [0.15, 0.2) is 0 Å². The zero-order valence-corrected chi connectivity index (χ0v) is 12.2. The second kappa shape index (κ2) is 5.48. The van der Waals surface area contributed by atoms with Crippen molar-refractivity contribution in [1.29, 1.82) is 0 Å². The van der Waals surface area contributed by atoms with E-state index in [1.165, 1.54) is 4.88 Å². The molecule has 2 aliphatic rings. The molecule has 2 atom stereocenters. The van der Waals surface area contributed by atoms with Crippen LogP contribution in [-0.4, -0.2) is 46.9 Å². The number of hydrogen-bond donors (Lipinski definition) is 1. The number of nitrogens with zero attached hydrogens (tertiary/aromatic N) is 2. The average Bonchev–Trinajstić information content (AvgIpc) is 2.92. The van der Waals surface area contributed by atoms with Gasteiger partial charge in [0.25, 0.3) is 0 Å². The van der Waals surface area contributed by atoms with Gasteiger partial charge in [-0.2, -0.15) is 0 Å². The molecular formula is C14H22N2O2S. The monoisotopic (exact) mass is 282 g/mol. The fourth-order valence-electron chi connectivity index (χ4n) is 3.48. The van der Waals surface area contributed by atoms with E-state index in [1.54, 1.807) is 11.3 Å². The lowest BCUT2D eigenvalue weighted by Crippen LogP contribution is -2.62. The first-order chi connectivity index (χ1) is 9.24. The maximum absolute atomic E-state index is 10.2. The Bertz CT molecular complexity index is 400. The zero-order chi connectivity index (χ0) is 13.3. The molecule has 1 N–H and O–H groups in total. The van der Waals surface area contributed by atoms with Crippen molar-refractivity contribution in [2.75, 3.05) is 19.7 Å². The van der Waals surface area contributed by atoms with E-state index in [-0.39, 0.29) is 17.6 Å². The molecule has 2 heterocycles. The second-order valence-electron chi connectivity index (χ2n) is 5.67. The van der Waals surface area contributed by atoms with Gasteiger partial charge in [-0.3, -0.25) is 9.88 Å². The number of rotatable bonds is 4. The van der Waals surface area contributed by atoms with E-state index in [4.69, 9.17) is 4.74 Å². The van der Waals surface area contributed by atoms with Gasteiger partial charge in [0.05, 0.1) is 17.7 Å². The Kier molecular flexibility index (Phi) is 3.89. The van der Waals surface area contributed by atoms with Gasteiger partial charge in [-0.15, -0.1) is 11.3 Å². The molecule has 0 aromatic carbocycles. The molecule has 2 unspecified atom stereocenters. The van der Waals surface area contributed by atoms with Crippen molar-refractivity contribution in [3.63, 3.8) is 0 Å². The maximum atomic E-state index is 10.2. The predicted octanol–water partition coefficient (Wildman–Crippen LogP) is 1.89. The summed E-state index contributed by atoms with van der Waals surface area (Å²) in [6, 6.07) is 0. The van der Waals surface area contributed by atoms with Crippen LogP contribution in [0.25, 0.3) is 0 Å². The number of aliphatic hydroxyl groups is 1. The van der Waals surface area contributed by atoms with Gasteiger partial charge in [-0.1, -0.05) is 0 Å². The summed E-state index contributed by atoms with van der Waals surface area (Å²) in [7, 11) is 0. The number of ether oxygens (including phenoxy) is 1. The van der Waals surface area contributed by atoms with Crippen molar-refractivity contribution in [3.05, 3.63) is 16.6 Å². The third-order valence-corrected chi connectivity index (χ3v) is 5.52. The smallest absolute Gasteiger partial charge is 0.0794 e. The normalized spacial score (nSPS) is 30.4. The molecule has 0 bridgehead atoms. The molecular weight excluding hydrogens is 260 g/mol. The minimum atomic E-state index is -0.158. The number of likely N-dealkylation sites (tertiary alicyclic amines) is 1. The van der Waals surface area contributed by atoms with Gasteiger partial charge in [-0.25, -0.2) is 0 Å². The number of aliphatic hydroxyl groups excluding tert-OH is 1. The third kappa shape index (κ3) is 2.44. The number of thiazole rings is 1. The van der Waals surface area contributed by atoms with Gasteiger partial charge < -0.3 is 9.84 Å². The van der Waals surface area contributed by atoms with E-state index in [1.807, 2.05) is 18.6 Å². The standard InChI is InChI=1S/C14H22N2O2S/c1-2-18-13-7-12(17)14(13)3-5-16(6-4-14)9-11-8-15-10-19-11/h8,10,12-13,17H,2-7,9H2,1H3. The Labute approximate surface area is 118 Å². The van der Waals surface area contributed by atoms with Gasteiger partial charge in [0.1, 0.15) is 0 Å². The average molecular weight is 282 g/mol. The maximum Gasteiger partial charge on any atom is 0.0794 e. The highest BCUT2D eigenvalue weighted by Crippen LogP contribution is 2.51. The quantitative estimate of drug-likeness (QED) is 0.916. The topological polar surface area (TPSA) is 45.6 Å². The molecule has 5 heteroatoms. The van der Waals surface area contributed by atoms with Crippen LogP contribution in [0.5, 0.6) is 0 Å².